The van der Waals surface area contributed by atoms with Gasteiger partial charge in [-0.2, -0.15) is 0 Å². The van der Waals surface area contributed by atoms with Gasteiger partial charge in [0.2, 0.25) is 0 Å². The van der Waals surface area contributed by atoms with Crippen LogP contribution >= 0.6 is 11.8 Å². The maximum absolute atomic E-state index is 4.25. The van der Waals surface area contributed by atoms with Crippen molar-refractivity contribution in [1.82, 2.24) is 0 Å². The average molecular weight is 221 g/mol. The number of hydrogen-bond acceptors (Lipinski definition) is 2. The lowest BCUT2D eigenvalue weighted by Gasteiger charge is -2.09. The highest BCUT2D eigenvalue weighted by molar-refractivity contribution is 8.13. The summed E-state index contributed by atoms with van der Waals surface area (Å²) in [7, 11) is 1.84. The Labute approximate surface area is 97.0 Å². The Balaban J connectivity index is 2.89. The summed E-state index contributed by atoms with van der Waals surface area (Å²) in [4.78, 5) is 4.25. The highest BCUT2D eigenvalue weighted by Crippen LogP contribution is 2.20. The fourth-order valence-electron chi connectivity index (χ4n) is 1.53. The maximum atomic E-state index is 4.25. The average Bonchev–Trinajstić information content (AvgIpc) is 2.30. The van der Waals surface area contributed by atoms with Gasteiger partial charge in [-0.15, -0.1) is 11.8 Å². The summed E-state index contributed by atoms with van der Waals surface area (Å²) >= 11 is 1.69. The van der Waals surface area contributed by atoms with Crippen molar-refractivity contribution < 1.29 is 0 Å². The van der Waals surface area contributed by atoms with Crippen LogP contribution in [0, 0.1) is 0 Å². The fourth-order valence-corrected chi connectivity index (χ4v) is 2.08. The maximum Gasteiger partial charge on any atom is 0.0970 e. The number of thioether (sulfide) groups is 1. The van der Waals surface area contributed by atoms with Gasteiger partial charge in [0.1, 0.15) is 0 Å². The molecule has 82 valence electrons. The molecule has 1 atom stereocenters. The van der Waals surface area contributed by atoms with Crippen molar-refractivity contribution in [1.29, 1.82) is 0 Å². The van der Waals surface area contributed by atoms with Crippen molar-refractivity contribution in [3.8, 4) is 0 Å². The van der Waals surface area contributed by atoms with Crippen LogP contribution in [0.1, 0.15) is 37.3 Å². The number of benzene rings is 1. The summed E-state index contributed by atoms with van der Waals surface area (Å²) in [6.45, 7) is 4.48. The second-order valence-corrected chi connectivity index (χ2v) is 4.46. The molecule has 0 saturated carbocycles. The zero-order chi connectivity index (χ0) is 11.3. The molecule has 1 unspecified atom stereocenters. The zero-order valence-electron chi connectivity index (χ0n) is 9.95. The van der Waals surface area contributed by atoms with Gasteiger partial charge < -0.3 is 0 Å². The van der Waals surface area contributed by atoms with Gasteiger partial charge >= 0.3 is 0 Å². The summed E-state index contributed by atoms with van der Waals surface area (Å²) < 4.78 is 0. The van der Waals surface area contributed by atoms with E-state index < -0.39 is 0 Å². The molecule has 0 bridgehead atoms. The van der Waals surface area contributed by atoms with E-state index >= 15 is 0 Å². The predicted octanol–water partition coefficient (Wildman–Crippen LogP) is 3.94. The van der Waals surface area contributed by atoms with Crippen LogP contribution in [0.4, 0.5) is 0 Å². The first-order valence-electron chi connectivity index (χ1n) is 5.34. The van der Waals surface area contributed by atoms with Crippen LogP contribution in [0.3, 0.4) is 0 Å². The minimum Gasteiger partial charge on any atom is -0.281 e. The van der Waals surface area contributed by atoms with Gasteiger partial charge in [-0.3, -0.25) is 4.99 Å². The Kier molecular flexibility index (Phi) is 4.89. The van der Waals surface area contributed by atoms with E-state index in [0.29, 0.717) is 5.92 Å². The van der Waals surface area contributed by atoms with Crippen molar-refractivity contribution in [2.45, 2.75) is 26.2 Å². The molecule has 0 aliphatic heterocycles. The zero-order valence-corrected chi connectivity index (χ0v) is 10.8. The molecule has 0 aliphatic carbocycles. The molecular formula is C13H19NS. The third-order valence-corrected chi connectivity index (χ3v) is 3.54. The van der Waals surface area contributed by atoms with Crippen LogP contribution in [-0.2, 0) is 0 Å². The van der Waals surface area contributed by atoms with E-state index in [1.54, 1.807) is 11.8 Å². The lowest BCUT2D eigenvalue weighted by Crippen LogP contribution is -1.96. The van der Waals surface area contributed by atoms with Gasteiger partial charge in [0.05, 0.1) is 5.04 Å². The van der Waals surface area contributed by atoms with E-state index in [2.05, 4.69) is 49.4 Å². The Bertz CT molecular complexity index is 327. The molecule has 0 aliphatic rings. The molecule has 1 aromatic carbocycles. The number of aliphatic imine (C=N–C) groups is 1. The largest absolute Gasteiger partial charge is 0.281 e. The van der Waals surface area contributed by atoms with Crippen LogP contribution in [0.15, 0.2) is 29.3 Å². The second kappa shape index (κ2) is 5.96. The van der Waals surface area contributed by atoms with Crippen molar-refractivity contribution in [2.24, 2.45) is 4.99 Å². The number of hydrogen-bond donors (Lipinski definition) is 0. The molecule has 2 heteroatoms. The smallest absolute Gasteiger partial charge is 0.0970 e. The van der Waals surface area contributed by atoms with E-state index in [-0.39, 0.29) is 0 Å². The Hall–Kier alpha value is -0.760. The van der Waals surface area contributed by atoms with Gasteiger partial charge in [0, 0.05) is 12.6 Å². The van der Waals surface area contributed by atoms with Gasteiger partial charge in [-0.1, -0.05) is 38.1 Å². The summed E-state index contributed by atoms with van der Waals surface area (Å²) in [5.41, 5.74) is 2.63. The summed E-state index contributed by atoms with van der Waals surface area (Å²) in [6.07, 6.45) is 3.25. The number of nitrogens with zero attached hydrogens (tertiary/aromatic N) is 1. The minimum absolute atomic E-state index is 0.648. The lowest BCUT2D eigenvalue weighted by molar-refractivity contribution is 0.733. The minimum atomic E-state index is 0.648. The Morgan fingerprint density at radius 1 is 1.33 bits per heavy atom. The van der Waals surface area contributed by atoms with Gasteiger partial charge in [-0.25, -0.2) is 0 Å². The Morgan fingerprint density at radius 3 is 2.33 bits per heavy atom. The van der Waals surface area contributed by atoms with Crippen molar-refractivity contribution in [3.05, 3.63) is 35.4 Å². The first-order chi connectivity index (χ1) is 7.22. The van der Waals surface area contributed by atoms with Crippen molar-refractivity contribution >= 4 is 16.8 Å². The third-order valence-electron chi connectivity index (χ3n) is 2.74. The van der Waals surface area contributed by atoms with E-state index in [1.165, 1.54) is 17.5 Å². The van der Waals surface area contributed by atoms with Crippen LogP contribution in [0.25, 0.3) is 0 Å². The standard InChI is InChI=1S/C13H19NS/c1-5-10(2)11-6-8-12(9-7-11)13(14-3)15-4/h6-10H,5H2,1-4H3. The SMILES string of the molecule is CCC(C)c1ccc(C(=NC)SC)cc1. The molecule has 1 nitrogen and oxygen atoms in total. The molecule has 0 saturated heterocycles. The van der Waals surface area contributed by atoms with Gasteiger partial charge in [-0.05, 0) is 24.2 Å². The van der Waals surface area contributed by atoms with Gasteiger partial charge in [0.15, 0.2) is 0 Å². The highest BCUT2D eigenvalue weighted by Gasteiger charge is 2.04. The summed E-state index contributed by atoms with van der Waals surface area (Å²) in [5.74, 6) is 0.648. The first-order valence-corrected chi connectivity index (χ1v) is 6.56. The predicted molar refractivity (Wildman–Crippen MR) is 71.1 cm³/mol. The molecule has 0 fully saturated rings. The normalized spacial score (nSPS) is 14.0. The molecule has 0 spiro atoms. The molecular weight excluding hydrogens is 202 g/mol. The quantitative estimate of drug-likeness (QED) is 0.556. The molecule has 0 aromatic heterocycles. The second-order valence-electron chi connectivity index (χ2n) is 3.66. The van der Waals surface area contributed by atoms with Crippen molar-refractivity contribution in [3.63, 3.8) is 0 Å². The Morgan fingerprint density at radius 2 is 1.93 bits per heavy atom. The lowest BCUT2D eigenvalue weighted by atomic mass is 9.98. The number of rotatable bonds is 3. The van der Waals surface area contributed by atoms with Crippen LogP contribution in [0.2, 0.25) is 0 Å². The summed E-state index contributed by atoms with van der Waals surface area (Å²) in [6, 6.07) is 8.76. The molecule has 1 aromatic rings. The van der Waals surface area contributed by atoms with E-state index in [9.17, 15) is 0 Å². The van der Waals surface area contributed by atoms with Gasteiger partial charge in [0.25, 0.3) is 0 Å². The molecule has 0 N–H and O–H groups in total. The van der Waals surface area contributed by atoms with E-state index in [0.717, 1.165) is 5.04 Å². The molecule has 0 amide bonds. The van der Waals surface area contributed by atoms with Crippen LogP contribution in [-0.4, -0.2) is 18.3 Å². The topological polar surface area (TPSA) is 12.4 Å². The molecule has 1 rings (SSSR count). The van der Waals surface area contributed by atoms with Crippen LogP contribution in [0.5, 0.6) is 0 Å². The third kappa shape index (κ3) is 3.10. The fraction of sp³-hybridized carbons (Fsp3) is 0.462. The van der Waals surface area contributed by atoms with E-state index in [4.69, 9.17) is 0 Å². The van der Waals surface area contributed by atoms with Crippen LogP contribution < -0.4 is 0 Å². The monoisotopic (exact) mass is 221 g/mol. The highest BCUT2D eigenvalue weighted by atomic mass is 32.2. The molecule has 15 heavy (non-hydrogen) atoms. The molecule has 0 radical (unpaired) electrons. The molecule has 0 heterocycles. The van der Waals surface area contributed by atoms with Crippen molar-refractivity contribution in [2.75, 3.05) is 13.3 Å². The first kappa shape index (κ1) is 12.3. The summed E-state index contributed by atoms with van der Waals surface area (Å²) in [5, 5.41) is 1.10. The van der Waals surface area contributed by atoms with E-state index in [1.807, 2.05) is 7.05 Å².